The first-order valence-electron chi connectivity index (χ1n) is 28.8. The van der Waals surface area contributed by atoms with Crippen LogP contribution in [0, 0.1) is 0 Å². The lowest BCUT2D eigenvalue weighted by Crippen LogP contribution is -2.14. The molecule has 2 heteroatoms. The average molecular weight is 1080 g/mol. The molecule has 0 saturated heterocycles. The zero-order valence-corrected chi connectivity index (χ0v) is 47.5. The van der Waals surface area contributed by atoms with Crippen LogP contribution in [-0.4, -0.2) is 0 Å². The predicted molar refractivity (Wildman–Crippen MR) is 357 cm³/mol. The van der Waals surface area contributed by atoms with Gasteiger partial charge in [0.05, 0.1) is 9.40 Å². The van der Waals surface area contributed by atoms with Crippen molar-refractivity contribution in [2.24, 2.45) is 0 Å². The number of hydrogen-bond donors (Lipinski definition) is 0. The van der Waals surface area contributed by atoms with E-state index in [1.54, 1.807) is 0 Å². The molecule has 0 bridgehead atoms. The maximum atomic E-state index is 2.50. The van der Waals surface area contributed by atoms with Gasteiger partial charge in [-0.3, -0.25) is 0 Å². The molecule has 16 aromatic rings. The Labute approximate surface area is 483 Å². The molecule has 0 saturated carbocycles. The van der Waals surface area contributed by atoms with Crippen molar-refractivity contribution < 1.29 is 0 Å². The zero-order valence-electron chi connectivity index (χ0n) is 45.9. The molecule has 14 aromatic carbocycles. The Morgan fingerprint density at radius 3 is 0.841 bits per heavy atom. The fourth-order valence-corrected chi connectivity index (χ4v) is 18.2. The van der Waals surface area contributed by atoms with Gasteiger partial charge in [-0.05, 0) is 167 Å². The first-order valence-corrected chi connectivity index (χ1v) is 30.4. The van der Waals surface area contributed by atoms with Gasteiger partial charge < -0.3 is 0 Å². The van der Waals surface area contributed by atoms with Crippen LogP contribution in [0.15, 0.2) is 243 Å². The number of hydrogen-bond acceptors (Lipinski definition) is 2. The van der Waals surface area contributed by atoms with E-state index in [-0.39, 0.29) is 10.8 Å². The van der Waals surface area contributed by atoms with Crippen LogP contribution in [0.1, 0.15) is 49.9 Å². The lowest BCUT2D eigenvalue weighted by molar-refractivity contribution is 0.660. The van der Waals surface area contributed by atoms with E-state index in [9.17, 15) is 0 Å². The molecule has 0 fully saturated rings. The second kappa shape index (κ2) is 16.7. The van der Waals surface area contributed by atoms with Crippen molar-refractivity contribution in [3.8, 4) is 66.8 Å². The SMILES string of the molecule is CC1(C)c2ccccc2-c2ccc(-c3c4ccccc4c(-c4ccc5c(c4)sc4c6sc7cc(-c8c9ccccc9c(-c9ccc%10c(c9)C(C)(C)c9ccccc9-%10)c9ccccc89)ccc7c6c6ccccc6c54)c4ccccc34)cc21. The van der Waals surface area contributed by atoms with Gasteiger partial charge in [0, 0.05) is 41.8 Å². The van der Waals surface area contributed by atoms with Crippen molar-refractivity contribution in [1.29, 1.82) is 0 Å². The van der Waals surface area contributed by atoms with Crippen molar-refractivity contribution >= 4 is 117 Å². The van der Waals surface area contributed by atoms with Crippen LogP contribution in [0.5, 0.6) is 0 Å². The second-order valence-corrected chi connectivity index (χ2v) is 26.2. The summed E-state index contributed by atoms with van der Waals surface area (Å²) in [6, 6.07) is 92.7. The van der Waals surface area contributed by atoms with Crippen LogP contribution in [0.4, 0.5) is 0 Å². The molecule has 384 valence electrons. The summed E-state index contributed by atoms with van der Waals surface area (Å²) >= 11 is 3.93. The highest BCUT2D eigenvalue weighted by molar-refractivity contribution is 7.34. The van der Waals surface area contributed by atoms with Gasteiger partial charge in [-0.1, -0.05) is 246 Å². The van der Waals surface area contributed by atoms with E-state index in [1.165, 1.54) is 183 Å². The van der Waals surface area contributed by atoms with Gasteiger partial charge in [0.2, 0.25) is 0 Å². The number of rotatable bonds is 4. The molecule has 0 unspecified atom stereocenters. The summed E-state index contributed by atoms with van der Waals surface area (Å²) in [5.74, 6) is 0. The summed E-state index contributed by atoms with van der Waals surface area (Å²) in [5.41, 5.74) is 21.1. The lowest BCUT2D eigenvalue weighted by atomic mass is 9.80. The molecule has 0 amide bonds. The van der Waals surface area contributed by atoms with Crippen molar-refractivity contribution in [3.05, 3.63) is 265 Å². The maximum Gasteiger partial charge on any atom is 0.0540 e. The number of benzene rings is 14. The molecule has 2 heterocycles. The fraction of sp³-hybridized carbons (Fsp3) is 0.0750. The van der Waals surface area contributed by atoms with Gasteiger partial charge in [-0.25, -0.2) is 0 Å². The minimum Gasteiger partial charge on any atom is -0.134 e. The van der Waals surface area contributed by atoms with Crippen LogP contribution in [0.2, 0.25) is 0 Å². The summed E-state index contributed by atoms with van der Waals surface area (Å²) in [4.78, 5) is 0. The molecule has 2 aliphatic carbocycles. The lowest BCUT2D eigenvalue weighted by Gasteiger charge is -2.23. The van der Waals surface area contributed by atoms with Crippen LogP contribution in [-0.2, 0) is 10.8 Å². The minimum absolute atomic E-state index is 0.0858. The summed E-state index contributed by atoms with van der Waals surface area (Å²) in [7, 11) is 0. The molecule has 2 aliphatic rings. The van der Waals surface area contributed by atoms with Gasteiger partial charge in [-0.2, -0.15) is 0 Å². The first-order chi connectivity index (χ1) is 40.2. The quantitative estimate of drug-likeness (QED) is 0.154. The molecule has 18 rings (SSSR count). The third kappa shape index (κ3) is 6.21. The van der Waals surface area contributed by atoms with Crippen molar-refractivity contribution in [1.82, 2.24) is 0 Å². The Morgan fingerprint density at radius 2 is 0.500 bits per heavy atom. The maximum absolute atomic E-state index is 2.50. The van der Waals surface area contributed by atoms with Crippen LogP contribution in [0.3, 0.4) is 0 Å². The largest absolute Gasteiger partial charge is 0.134 e. The number of fused-ring (bicyclic) bond motifs is 20. The third-order valence-corrected chi connectivity index (χ3v) is 21.7. The standard InChI is InChI=1S/C80H52S2/c1-79(2)65-31-17-15-19-49(65)51-37-33-45(41-67(51)79)71-53-21-5-9-25-57(53)73(58-26-10-6-22-54(58)71)47-35-39-63-69(43-47)81-77-75(63)61-29-13-14-30-62(61)76-64-40-36-48(44-70(64)82-78(76)77)74-59-27-11-7-23-55(59)72(56-24-8-12-28-60(56)74)46-34-38-52-50-20-16-18-32-66(50)80(3,4)68(52)42-46/h5-44H,1-4H3. The van der Waals surface area contributed by atoms with E-state index in [0.29, 0.717) is 0 Å². The molecule has 0 aliphatic heterocycles. The normalized spacial score (nSPS) is 14.0. The smallest absolute Gasteiger partial charge is 0.0540 e. The molecule has 0 spiro atoms. The van der Waals surface area contributed by atoms with Crippen LogP contribution < -0.4 is 0 Å². The van der Waals surface area contributed by atoms with Crippen LogP contribution >= 0.6 is 22.7 Å². The predicted octanol–water partition coefficient (Wildman–Crippen LogP) is 23.5. The zero-order chi connectivity index (χ0) is 54.3. The molecular weight excluding hydrogens is 1030 g/mol. The Morgan fingerprint density at radius 1 is 0.232 bits per heavy atom. The van der Waals surface area contributed by atoms with E-state index in [4.69, 9.17) is 0 Å². The molecule has 0 radical (unpaired) electrons. The molecule has 0 nitrogen and oxygen atoms in total. The molecule has 0 atom stereocenters. The summed E-state index contributed by atoms with van der Waals surface area (Å²) in [6.45, 7) is 9.53. The molecule has 0 N–H and O–H groups in total. The molecular formula is C80H52S2. The van der Waals surface area contributed by atoms with E-state index >= 15 is 0 Å². The Kier molecular flexibility index (Phi) is 9.49. The Balaban J connectivity index is 0.807. The summed E-state index contributed by atoms with van der Waals surface area (Å²) in [5, 5.41) is 18.2. The van der Waals surface area contributed by atoms with E-state index in [0.717, 1.165) is 0 Å². The highest BCUT2D eigenvalue weighted by Crippen LogP contribution is 2.56. The highest BCUT2D eigenvalue weighted by atomic mass is 32.1. The monoisotopic (exact) mass is 1080 g/mol. The van der Waals surface area contributed by atoms with Crippen molar-refractivity contribution in [3.63, 3.8) is 0 Å². The minimum atomic E-state index is -0.0858. The van der Waals surface area contributed by atoms with Gasteiger partial charge in [0.15, 0.2) is 0 Å². The summed E-state index contributed by atoms with van der Waals surface area (Å²) in [6.07, 6.45) is 0. The second-order valence-electron chi connectivity index (χ2n) is 24.1. The Hall–Kier alpha value is -9.18. The number of thiophene rings is 2. The molecule has 82 heavy (non-hydrogen) atoms. The van der Waals surface area contributed by atoms with E-state index in [1.807, 2.05) is 22.7 Å². The van der Waals surface area contributed by atoms with Gasteiger partial charge in [0.1, 0.15) is 0 Å². The molecule has 2 aromatic heterocycles. The summed E-state index contributed by atoms with van der Waals surface area (Å²) < 4.78 is 5.37. The van der Waals surface area contributed by atoms with Gasteiger partial charge in [0.25, 0.3) is 0 Å². The topological polar surface area (TPSA) is 0 Å². The van der Waals surface area contributed by atoms with Gasteiger partial charge in [-0.15, -0.1) is 22.7 Å². The Bertz CT molecular complexity index is 5070. The van der Waals surface area contributed by atoms with E-state index in [2.05, 4.69) is 270 Å². The first kappa shape index (κ1) is 46.6. The van der Waals surface area contributed by atoms with Crippen LogP contribution in [0.25, 0.3) is 161 Å². The fourth-order valence-electron chi connectivity index (χ4n) is 15.5. The van der Waals surface area contributed by atoms with Crippen molar-refractivity contribution in [2.45, 2.75) is 38.5 Å². The highest BCUT2D eigenvalue weighted by Gasteiger charge is 2.37. The van der Waals surface area contributed by atoms with E-state index < -0.39 is 0 Å². The van der Waals surface area contributed by atoms with Gasteiger partial charge >= 0.3 is 0 Å². The average Bonchev–Trinajstić information content (AvgIpc) is 2.61. The van der Waals surface area contributed by atoms with Crippen molar-refractivity contribution in [2.75, 3.05) is 0 Å². The third-order valence-electron chi connectivity index (χ3n) is 19.2.